The Morgan fingerprint density at radius 1 is 1.19 bits per heavy atom. The number of carbonyl (C=O) groups excluding carboxylic acids is 2. The summed E-state index contributed by atoms with van der Waals surface area (Å²) in [6.45, 7) is 10.9. The second-order valence-corrected chi connectivity index (χ2v) is 10.6. The molecule has 2 heterocycles. The number of rotatable bonds is 7. The monoisotopic (exact) mass is 443 g/mol. The highest BCUT2D eigenvalue weighted by atomic mass is 32.1. The van der Waals surface area contributed by atoms with Gasteiger partial charge < -0.3 is 10.6 Å². The smallest absolute Gasteiger partial charge is 0.233 e. The van der Waals surface area contributed by atoms with Crippen LogP contribution in [0.3, 0.4) is 0 Å². The number of carbonyl (C=O) groups is 2. The third-order valence-electron chi connectivity index (χ3n) is 6.45. The molecular weight excluding hydrogens is 410 g/mol. The minimum atomic E-state index is -0.106. The van der Waals surface area contributed by atoms with E-state index in [2.05, 4.69) is 53.9 Å². The zero-order chi connectivity index (χ0) is 22.2. The minimum Gasteiger partial charge on any atom is -0.357 e. The van der Waals surface area contributed by atoms with Gasteiger partial charge in [-0.2, -0.15) is 0 Å². The molecule has 4 unspecified atom stereocenters. The van der Waals surface area contributed by atoms with E-state index in [1.165, 1.54) is 4.90 Å². The predicted molar refractivity (Wildman–Crippen MR) is 123 cm³/mol. The largest absolute Gasteiger partial charge is 0.357 e. The number of guanidine groups is 1. The zero-order valence-electron chi connectivity index (χ0n) is 18.9. The van der Waals surface area contributed by atoms with Gasteiger partial charge in [-0.1, -0.05) is 32.9 Å². The number of hydrogen-bond acceptors (Lipinski definition) is 5. The Morgan fingerprint density at radius 3 is 2.45 bits per heavy atom. The number of nitrogens with zero attached hydrogens (tertiary/aromatic N) is 3. The van der Waals surface area contributed by atoms with Crippen LogP contribution in [0.1, 0.15) is 51.2 Å². The molecule has 3 aliphatic rings. The second-order valence-electron chi connectivity index (χ2n) is 9.68. The summed E-state index contributed by atoms with van der Waals surface area (Å²) >= 11 is 1.63. The lowest BCUT2D eigenvalue weighted by Gasteiger charge is -2.18. The summed E-state index contributed by atoms with van der Waals surface area (Å²) in [5, 5.41) is 9.66. The Morgan fingerprint density at radius 2 is 1.87 bits per heavy atom. The lowest BCUT2D eigenvalue weighted by Crippen LogP contribution is -2.40. The number of amides is 2. The first-order valence-corrected chi connectivity index (χ1v) is 12.2. The second kappa shape index (κ2) is 8.73. The van der Waals surface area contributed by atoms with E-state index in [1.54, 1.807) is 11.3 Å². The molecule has 4 rings (SSSR count). The number of thiazole rings is 1. The van der Waals surface area contributed by atoms with Gasteiger partial charge in [0, 0.05) is 30.4 Å². The Hall–Kier alpha value is -2.22. The fraction of sp³-hybridized carbons (Fsp3) is 0.652. The lowest BCUT2D eigenvalue weighted by atomic mass is 9.85. The maximum absolute atomic E-state index is 12.8. The standard InChI is InChI=1S/C23H33N5O2S/c1-5-24-22(26-12-17-27-16(13-31-17)23(2,3)4)25-9-6-10-28-20(29)18-14-7-8-15(11-14)19(18)21(28)30/h7-8,13-15,18-19H,5-6,9-12H2,1-4H3,(H2,24,25,26). The molecule has 1 aromatic rings. The molecule has 2 fully saturated rings. The Labute approximate surface area is 188 Å². The zero-order valence-corrected chi connectivity index (χ0v) is 19.7. The van der Waals surface area contributed by atoms with Crippen molar-refractivity contribution in [1.82, 2.24) is 20.5 Å². The van der Waals surface area contributed by atoms with E-state index in [0.717, 1.165) is 29.6 Å². The van der Waals surface area contributed by atoms with Gasteiger partial charge >= 0.3 is 0 Å². The van der Waals surface area contributed by atoms with E-state index in [1.807, 2.05) is 6.92 Å². The summed E-state index contributed by atoms with van der Waals surface area (Å²) in [7, 11) is 0. The molecule has 2 N–H and O–H groups in total. The molecule has 1 saturated heterocycles. The average molecular weight is 444 g/mol. The van der Waals surface area contributed by atoms with Crippen molar-refractivity contribution in [2.24, 2.45) is 28.7 Å². The molecular formula is C23H33N5O2S. The molecule has 2 bridgehead atoms. The quantitative estimate of drug-likeness (QED) is 0.222. The third kappa shape index (κ3) is 4.40. The van der Waals surface area contributed by atoms with Crippen molar-refractivity contribution in [2.75, 3.05) is 19.6 Å². The normalized spacial score (nSPS) is 27.4. The number of aliphatic imine (C=N–C) groups is 1. The summed E-state index contributed by atoms with van der Waals surface area (Å²) in [5.41, 5.74) is 1.13. The van der Waals surface area contributed by atoms with Gasteiger partial charge in [-0.3, -0.25) is 14.5 Å². The van der Waals surface area contributed by atoms with Crippen LogP contribution in [0, 0.1) is 23.7 Å². The number of imide groups is 1. The van der Waals surface area contributed by atoms with Gasteiger partial charge in [0.25, 0.3) is 0 Å². The van der Waals surface area contributed by atoms with E-state index < -0.39 is 0 Å². The van der Waals surface area contributed by atoms with Crippen LogP contribution in [0.4, 0.5) is 0 Å². The van der Waals surface area contributed by atoms with Crippen LogP contribution in [0.2, 0.25) is 0 Å². The Kier molecular flexibility index (Phi) is 6.19. The first-order chi connectivity index (χ1) is 14.8. The molecule has 31 heavy (non-hydrogen) atoms. The highest BCUT2D eigenvalue weighted by Gasteiger charge is 2.58. The van der Waals surface area contributed by atoms with Gasteiger partial charge in [0.15, 0.2) is 5.96 Å². The van der Waals surface area contributed by atoms with Gasteiger partial charge in [0.05, 0.1) is 24.1 Å². The van der Waals surface area contributed by atoms with E-state index in [4.69, 9.17) is 4.98 Å². The molecule has 0 spiro atoms. The van der Waals surface area contributed by atoms with E-state index in [0.29, 0.717) is 26.1 Å². The first kappa shape index (κ1) is 22.0. The minimum absolute atomic E-state index is 0.0332. The summed E-state index contributed by atoms with van der Waals surface area (Å²) in [5.74, 6) is 1.12. The fourth-order valence-corrected chi connectivity index (χ4v) is 5.79. The number of likely N-dealkylation sites (tertiary alicyclic amines) is 1. The van der Waals surface area contributed by atoms with Crippen LogP contribution >= 0.6 is 11.3 Å². The molecule has 8 heteroatoms. The predicted octanol–water partition coefficient (Wildman–Crippen LogP) is 2.69. The Bertz CT molecular complexity index is 870. The van der Waals surface area contributed by atoms with Crippen molar-refractivity contribution in [3.8, 4) is 0 Å². The molecule has 7 nitrogen and oxygen atoms in total. The van der Waals surface area contributed by atoms with Crippen molar-refractivity contribution < 1.29 is 9.59 Å². The van der Waals surface area contributed by atoms with Crippen molar-refractivity contribution in [2.45, 2.75) is 52.5 Å². The summed E-state index contributed by atoms with van der Waals surface area (Å²) < 4.78 is 0. The average Bonchev–Trinajstić information content (AvgIpc) is 3.48. The lowest BCUT2D eigenvalue weighted by molar-refractivity contribution is -0.140. The topological polar surface area (TPSA) is 86.7 Å². The van der Waals surface area contributed by atoms with Gasteiger partial charge in [-0.25, -0.2) is 9.98 Å². The van der Waals surface area contributed by atoms with Crippen LogP contribution < -0.4 is 10.6 Å². The molecule has 1 aromatic heterocycles. The molecule has 4 atom stereocenters. The van der Waals surface area contributed by atoms with Crippen LogP contribution in [0.5, 0.6) is 0 Å². The highest BCUT2D eigenvalue weighted by molar-refractivity contribution is 7.09. The van der Waals surface area contributed by atoms with Crippen molar-refractivity contribution in [3.63, 3.8) is 0 Å². The van der Waals surface area contributed by atoms with Gasteiger partial charge in [-0.15, -0.1) is 11.3 Å². The third-order valence-corrected chi connectivity index (χ3v) is 7.28. The number of fused-ring (bicyclic) bond motifs is 5. The molecule has 0 aromatic carbocycles. The SMILES string of the molecule is CCNC(=NCc1nc(C(C)(C)C)cs1)NCCCN1C(=O)C2C3C=CC(C3)C2C1=O. The Balaban J connectivity index is 1.26. The van der Waals surface area contributed by atoms with Crippen LogP contribution in [-0.4, -0.2) is 47.3 Å². The van der Waals surface area contributed by atoms with Crippen molar-refractivity contribution in [3.05, 3.63) is 28.2 Å². The molecule has 1 aliphatic heterocycles. The van der Waals surface area contributed by atoms with Gasteiger partial charge in [0.2, 0.25) is 11.8 Å². The van der Waals surface area contributed by atoms with Gasteiger partial charge in [0.1, 0.15) is 5.01 Å². The van der Waals surface area contributed by atoms with E-state index in [-0.39, 0.29) is 40.9 Å². The molecule has 2 aliphatic carbocycles. The molecule has 1 saturated carbocycles. The number of nitrogens with one attached hydrogen (secondary N) is 2. The maximum atomic E-state index is 12.8. The molecule has 0 radical (unpaired) electrons. The maximum Gasteiger partial charge on any atom is 0.233 e. The molecule has 2 amide bonds. The van der Waals surface area contributed by atoms with Gasteiger partial charge in [-0.05, 0) is 31.6 Å². The highest BCUT2D eigenvalue weighted by Crippen LogP contribution is 2.52. The number of hydrogen-bond donors (Lipinski definition) is 2. The van der Waals surface area contributed by atoms with Crippen LogP contribution in [0.15, 0.2) is 22.5 Å². The summed E-state index contributed by atoms with van der Waals surface area (Å²) in [4.78, 5) is 36.3. The van der Waals surface area contributed by atoms with Crippen LogP contribution in [0.25, 0.3) is 0 Å². The van der Waals surface area contributed by atoms with E-state index >= 15 is 0 Å². The summed E-state index contributed by atoms with van der Waals surface area (Å²) in [6, 6.07) is 0. The van der Waals surface area contributed by atoms with Crippen molar-refractivity contribution in [1.29, 1.82) is 0 Å². The fourth-order valence-electron chi connectivity index (χ4n) is 4.84. The first-order valence-electron chi connectivity index (χ1n) is 11.3. The summed E-state index contributed by atoms with van der Waals surface area (Å²) in [6.07, 6.45) is 5.94. The van der Waals surface area contributed by atoms with Crippen molar-refractivity contribution >= 4 is 29.1 Å². The number of aromatic nitrogens is 1. The number of allylic oxidation sites excluding steroid dienone is 2. The van der Waals surface area contributed by atoms with E-state index in [9.17, 15) is 9.59 Å². The molecule has 168 valence electrons. The van der Waals surface area contributed by atoms with Crippen LogP contribution in [-0.2, 0) is 21.5 Å².